The van der Waals surface area contributed by atoms with Crippen LogP contribution < -0.4 is 0 Å². The lowest BCUT2D eigenvalue weighted by Gasteiger charge is -2.32. The van der Waals surface area contributed by atoms with Gasteiger partial charge in [0, 0.05) is 14.9 Å². The van der Waals surface area contributed by atoms with Gasteiger partial charge in [0.25, 0.3) is 0 Å². The summed E-state index contributed by atoms with van der Waals surface area (Å²) in [5, 5.41) is 0. The van der Waals surface area contributed by atoms with Gasteiger partial charge < -0.3 is 4.55 Å². The van der Waals surface area contributed by atoms with E-state index in [0.717, 1.165) is 6.54 Å². The molecule has 0 bridgehead atoms. The van der Waals surface area contributed by atoms with Crippen molar-refractivity contribution >= 4 is 34.0 Å². The van der Waals surface area contributed by atoms with Crippen molar-refractivity contribution in [1.29, 1.82) is 0 Å². The summed E-state index contributed by atoms with van der Waals surface area (Å²) < 4.78 is 15.7. The van der Waals surface area contributed by atoms with Crippen molar-refractivity contribution in [3.63, 3.8) is 0 Å². The maximum Gasteiger partial charge on any atom is 0.137 e. The van der Waals surface area contributed by atoms with Gasteiger partial charge in [-0.3, -0.25) is 0 Å². The van der Waals surface area contributed by atoms with E-state index in [9.17, 15) is 4.55 Å². The molecule has 0 aromatic heterocycles. The Balaban J connectivity index is 2.32. The van der Waals surface area contributed by atoms with Crippen LogP contribution in [-0.4, -0.2) is 13.6 Å². The first-order valence-electron chi connectivity index (χ1n) is 5.78. The zero-order chi connectivity index (χ0) is 12.8. The van der Waals surface area contributed by atoms with Gasteiger partial charge in [-0.2, -0.15) is 0 Å². The molecule has 1 heterocycles. The van der Waals surface area contributed by atoms with E-state index in [1.165, 1.54) is 14.7 Å². The minimum atomic E-state index is -0.947. The minimum Gasteiger partial charge on any atom is -0.597 e. The lowest BCUT2D eigenvalue weighted by Crippen LogP contribution is -2.41. The number of nitrogens with zero attached hydrogens (tertiary/aromatic N) is 1. The van der Waals surface area contributed by atoms with Crippen molar-refractivity contribution in [3.8, 4) is 0 Å². The zero-order valence-corrected chi connectivity index (χ0v) is 13.6. The minimum absolute atomic E-state index is 0.193. The molecule has 0 spiro atoms. The molecule has 0 aliphatic carbocycles. The van der Waals surface area contributed by atoms with Crippen molar-refractivity contribution in [2.45, 2.75) is 45.0 Å². The number of fused-ring (bicyclic) bond motifs is 1. The Morgan fingerprint density at radius 1 is 1.41 bits per heavy atom. The number of rotatable bonds is 1. The summed E-state index contributed by atoms with van der Waals surface area (Å²) in [5.74, 6) is 0. The second kappa shape index (κ2) is 4.72. The lowest BCUT2D eigenvalue weighted by molar-refractivity contribution is 0.356. The first kappa shape index (κ1) is 13.6. The van der Waals surface area contributed by atoms with Crippen molar-refractivity contribution in [3.05, 3.63) is 32.9 Å². The fourth-order valence-corrected chi connectivity index (χ4v) is 4.18. The number of halogens is 1. The average molecular weight is 363 g/mol. The SMILES string of the molecule is C[C@H]1c2cccc(I)c2CN1[S+]([O-])C(C)(C)C. The van der Waals surface area contributed by atoms with Crippen LogP contribution in [0.15, 0.2) is 18.2 Å². The fourth-order valence-electron chi connectivity index (χ4n) is 2.14. The summed E-state index contributed by atoms with van der Waals surface area (Å²) >= 11 is 1.42. The molecule has 0 saturated carbocycles. The summed E-state index contributed by atoms with van der Waals surface area (Å²) in [6.45, 7) is 9.04. The van der Waals surface area contributed by atoms with Gasteiger partial charge in [-0.1, -0.05) is 12.1 Å². The van der Waals surface area contributed by atoms with Crippen LogP contribution in [-0.2, 0) is 17.9 Å². The van der Waals surface area contributed by atoms with E-state index in [0.29, 0.717) is 0 Å². The molecule has 0 fully saturated rings. The molecule has 1 aliphatic heterocycles. The predicted octanol–water partition coefficient (Wildman–Crippen LogP) is 3.63. The van der Waals surface area contributed by atoms with Crippen LogP contribution >= 0.6 is 22.6 Å². The van der Waals surface area contributed by atoms with Crippen LogP contribution in [0, 0.1) is 3.57 Å². The summed E-state index contributed by atoms with van der Waals surface area (Å²) in [6.07, 6.45) is 0. The van der Waals surface area contributed by atoms with E-state index in [1.54, 1.807) is 0 Å². The molecular formula is C13H18INOS. The molecule has 1 unspecified atom stereocenters. The van der Waals surface area contributed by atoms with E-state index in [1.807, 2.05) is 20.8 Å². The summed E-state index contributed by atoms with van der Waals surface area (Å²) in [4.78, 5) is 0. The van der Waals surface area contributed by atoms with Gasteiger partial charge in [0.2, 0.25) is 0 Å². The molecule has 2 nitrogen and oxygen atoms in total. The van der Waals surface area contributed by atoms with Gasteiger partial charge in [-0.15, -0.1) is 4.31 Å². The second-order valence-corrected chi connectivity index (χ2v) is 8.77. The van der Waals surface area contributed by atoms with Crippen LogP contribution in [0.2, 0.25) is 0 Å². The Hall–Kier alpha value is 0.220. The van der Waals surface area contributed by atoms with Crippen LogP contribution in [0.1, 0.15) is 44.9 Å². The first-order chi connectivity index (χ1) is 7.82. The summed E-state index contributed by atoms with van der Waals surface area (Å²) in [5.41, 5.74) is 2.67. The standard InChI is InChI=1S/C13H18INOS/c1-9-10-6-5-7-12(14)11(10)8-15(9)17(16)13(2,3)4/h5-7,9H,8H2,1-4H3/t9-,17?/m0/s1. The van der Waals surface area contributed by atoms with E-state index in [2.05, 4.69) is 52.0 Å². The third-order valence-electron chi connectivity index (χ3n) is 3.09. The normalized spacial score (nSPS) is 22.6. The second-order valence-electron chi connectivity index (χ2n) is 5.42. The molecule has 1 aromatic carbocycles. The van der Waals surface area contributed by atoms with Crippen molar-refractivity contribution in [2.24, 2.45) is 0 Å². The van der Waals surface area contributed by atoms with Gasteiger partial charge in [0.1, 0.15) is 4.75 Å². The Labute approximate surface area is 120 Å². The highest BCUT2D eigenvalue weighted by Crippen LogP contribution is 2.40. The van der Waals surface area contributed by atoms with E-state index >= 15 is 0 Å². The molecule has 17 heavy (non-hydrogen) atoms. The van der Waals surface area contributed by atoms with Gasteiger partial charge in [-0.05, 0) is 67.5 Å². The predicted molar refractivity (Wildman–Crippen MR) is 81.0 cm³/mol. The topological polar surface area (TPSA) is 26.3 Å². The van der Waals surface area contributed by atoms with Gasteiger partial charge >= 0.3 is 0 Å². The highest BCUT2D eigenvalue weighted by Gasteiger charge is 2.41. The maximum atomic E-state index is 12.5. The molecule has 0 N–H and O–H groups in total. The molecule has 94 valence electrons. The van der Waals surface area contributed by atoms with Crippen LogP contribution in [0.4, 0.5) is 0 Å². The van der Waals surface area contributed by atoms with Crippen molar-refractivity contribution in [2.75, 3.05) is 0 Å². The largest absolute Gasteiger partial charge is 0.597 e. The van der Waals surface area contributed by atoms with Crippen LogP contribution in [0.5, 0.6) is 0 Å². The molecule has 0 saturated heterocycles. The van der Waals surface area contributed by atoms with Crippen molar-refractivity contribution in [1.82, 2.24) is 4.31 Å². The highest BCUT2D eigenvalue weighted by atomic mass is 127. The van der Waals surface area contributed by atoms with Gasteiger partial charge in [0.15, 0.2) is 0 Å². The molecule has 1 aliphatic rings. The highest BCUT2D eigenvalue weighted by molar-refractivity contribution is 14.1. The monoisotopic (exact) mass is 363 g/mol. The van der Waals surface area contributed by atoms with E-state index < -0.39 is 11.4 Å². The number of benzene rings is 1. The molecule has 0 amide bonds. The summed E-state index contributed by atoms with van der Waals surface area (Å²) in [7, 11) is 0. The zero-order valence-electron chi connectivity index (χ0n) is 10.7. The lowest BCUT2D eigenvalue weighted by atomic mass is 10.1. The third kappa shape index (κ3) is 2.50. The maximum absolute atomic E-state index is 12.5. The number of hydrogen-bond donors (Lipinski definition) is 0. The molecule has 2 atom stereocenters. The Kier molecular flexibility index (Phi) is 3.79. The van der Waals surface area contributed by atoms with E-state index in [4.69, 9.17) is 0 Å². The fraction of sp³-hybridized carbons (Fsp3) is 0.538. The molecule has 2 rings (SSSR count). The molecule has 4 heteroatoms. The number of hydrogen-bond acceptors (Lipinski definition) is 2. The van der Waals surface area contributed by atoms with E-state index in [-0.39, 0.29) is 10.8 Å². The third-order valence-corrected chi connectivity index (χ3v) is 6.02. The molecule has 0 radical (unpaired) electrons. The van der Waals surface area contributed by atoms with Crippen LogP contribution in [0.3, 0.4) is 0 Å². The Morgan fingerprint density at radius 3 is 2.59 bits per heavy atom. The van der Waals surface area contributed by atoms with Gasteiger partial charge in [-0.25, -0.2) is 0 Å². The van der Waals surface area contributed by atoms with Crippen molar-refractivity contribution < 1.29 is 4.55 Å². The van der Waals surface area contributed by atoms with Crippen LogP contribution in [0.25, 0.3) is 0 Å². The molecular weight excluding hydrogens is 345 g/mol. The Bertz CT molecular complexity index is 430. The average Bonchev–Trinajstić information content (AvgIpc) is 2.56. The smallest absolute Gasteiger partial charge is 0.137 e. The summed E-state index contributed by atoms with van der Waals surface area (Å²) in [6, 6.07) is 6.61. The quantitative estimate of drug-likeness (QED) is 0.563. The Morgan fingerprint density at radius 2 is 2.06 bits per heavy atom. The molecule has 1 aromatic rings. The first-order valence-corrected chi connectivity index (χ1v) is 7.97. The van der Waals surface area contributed by atoms with Gasteiger partial charge in [0.05, 0.1) is 12.6 Å².